The Hall–Kier alpha value is -1.94. The summed E-state index contributed by atoms with van der Waals surface area (Å²) in [7, 11) is -1.07. The summed E-state index contributed by atoms with van der Waals surface area (Å²) in [6.45, 7) is 1.46. The van der Waals surface area contributed by atoms with E-state index in [1.165, 1.54) is 6.92 Å². The van der Waals surface area contributed by atoms with Gasteiger partial charge in [-0.1, -0.05) is 30.3 Å². The molecule has 19 heavy (non-hydrogen) atoms. The van der Waals surface area contributed by atoms with Crippen LogP contribution in [-0.4, -0.2) is 10.1 Å². The summed E-state index contributed by atoms with van der Waals surface area (Å²) < 4.78 is 12.2. The molecule has 0 aliphatic rings. The van der Waals surface area contributed by atoms with Crippen molar-refractivity contribution in [1.82, 2.24) is 0 Å². The Kier molecular flexibility index (Phi) is 4.47. The van der Waals surface area contributed by atoms with Crippen molar-refractivity contribution in [2.45, 2.75) is 17.6 Å². The molecule has 1 N–H and O–H groups in total. The van der Waals surface area contributed by atoms with Gasteiger partial charge in [0.15, 0.2) is 0 Å². The van der Waals surface area contributed by atoms with Crippen molar-refractivity contribution in [2.75, 3.05) is 5.32 Å². The number of benzene rings is 2. The summed E-state index contributed by atoms with van der Waals surface area (Å²) >= 11 is 0. The average Bonchev–Trinajstić information content (AvgIpc) is 2.40. The van der Waals surface area contributed by atoms with E-state index in [-0.39, 0.29) is 5.91 Å². The van der Waals surface area contributed by atoms with Crippen molar-refractivity contribution in [3.8, 4) is 0 Å². The highest BCUT2D eigenvalue weighted by molar-refractivity contribution is 7.84. The van der Waals surface area contributed by atoms with Crippen molar-refractivity contribution < 1.29 is 9.00 Å². The predicted octanol–water partition coefficient (Wildman–Crippen LogP) is 2.95. The summed E-state index contributed by atoms with van der Waals surface area (Å²) in [5.41, 5.74) is 1.76. The third-order valence-electron chi connectivity index (χ3n) is 2.58. The lowest BCUT2D eigenvalue weighted by molar-refractivity contribution is -0.114. The Bertz CT molecular complexity index is 579. The number of carbonyl (C=O) groups is 1. The van der Waals surface area contributed by atoms with Crippen molar-refractivity contribution in [2.24, 2.45) is 0 Å². The van der Waals surface area contributed by atoms with Gasteiger partial charge in [0.2, 0.25) is 5.91 Å². The minimum Gasteiger partial charge on any atom is -0.326 e. The molecule has 4 heteroatoms. The van der Waals surface area contributed by atoms with Gasteiger partial charge in [-0.3, -0.25) is 9.00 Å². The normalized spacial score (nSPS) is 11.8. The highest BCUT2D eigenvalue weighted by Crippen LogP contribution is 2.15. The summed E-state index contributed by atoms with van der Waals surface area (Å²) in [6.07, 6.45) is 0. The first-order chi connectivity index (χ1) is 9.15. The second kappa shape index (κ2) is 6.29. The zero-order chi connectivity index (χ0) is 13.7. The van der Waals surface area contributed by atoms with Gasteiger partial charge in [0.05, 0.1) is 16.6 Å². The molecule has 1 atom stereocenters. The third kappa shape index (κ3) is 4.03. The molecule has 0 aliphatic carbocycles. The third-order valence-corrected chi connectivity index (χ3v) is 3.97. The quantitative estimate of drug-likeness (QED) is 0.931. The molecule has 2 aromatic carbocycles. The van der Waals surface area contributed by atoms with Gasteiger partial charge in [-0.25, -0.2) is 0 Å². The molecule has 0 saturated heterocycles. The van der Waals surface area contributed by atoms with Gasteiger partial charge in [-0.05, 0) is 29.8 Å². The number of carbonyl (C=O) groups excluding carboxylic acids is 1. The van der Waals surface area contributed by atoms with Crippen LogP contribution >= 0.6 is 0 Å². The molecule has 1 amide bonds. The fourth-order valence-electron chi connectivity index (χ4n) is 1.70. The molecule has 0 aromatic heterocycles. The summed E-state index contributed by atoms with van der Waals surface area (Å²) in [4.78, 5) is 11.7. The fraction of sp³-hybridized carbons (Fsp3) is 0.133. The first-order valence-corrected chi connectivity index (χ1v) is 7.27. The van der Waals surface area contributed by atoms with E-state index in [1.54, 1.807) is 24.3 Å². The van der Waals surface area contributed by atoms with Gasteiger partial charge < -0.3 is 5.32 Å². The molecule has 0 spiro atoms. The van der Waals surface area contributed by atoms with E-state index in [4.69, 9.17) is 0 Å². The van der Waals surface area contributed by atoms with Crippen LogP contribution in [0, 0.1) is 0 Å². The molecular weight excluding hydrogens is 258 g/mol. The van der Waals surface area contributed by atoms with E-state index in [9.17, 15) is 9.00 Å². The second-order valence-electron chi connectivity index (χ2n) is 4.18. The molecule has 0 aliphatic heterocycles. The standard InChI is InChI=1S/C15H15NO2S/c1-12(17)16-14-7-9-15(10-8-14)19(18)11-13-5-3-2-4-6-13/h2-10H,11H2,1H3,(H,16,17). The van der Waals surface area contributed by atoms with Crippen LogP contribution in [0.4, 0.5) is 5.69 Å². The first kappa shape index (κ1) is 13.5. The van der Waals surface area contributed by atoms with Gasteiger partial charge in [-0.2, -0.15) is 0 Å². The lowest BCUT2D eigenvalue weighted by Crippen LogP contribution is -2.05. The van der Waals surface area contributed by atoms with Crippen molar-refractivity contribution in [3.63, 3.8) is 0 Å². The maximum atomic E-state index is 12.2. The monoisotopic (exact) mass is 273 g/mol. The number of hydrogen-bond donors (Lipinski definition) is 1. The molecule has 0 fully saturated rings. The molecule has 2 rings (SSSR count). The zero-order valence-corrected chi connectivity index (χ0v) is 11.4. The van der Waals surface area contributed by atoms with Crippen LogP contribution in [0.25, 0.3) is 0 Å². The predicted molar refractivity (Wildman–Crippen MR) is 77.3 cm³/mol. The van der Waals surface area contributed by atoms with Crippen molar-refractivity contribution in [3.05, 3.63) is 60.2 Å². The van der Waals surface area contributed by atoms with Gasteiger partial charge >= 0.3 is 0 Å². The van der Waals surface area contributed by atoms with Gasteiger partial charge in [0.1, 0.15) is 0 Å². The molecule has 0 radical (unpaired) electrons. The Morgan fingerprint density at radius 3 is 2.26 bits per heavy atom. The molecule has 3 nitrogen and oxygen atoms in total. The molecule has 1 unspecified atom stereocenters. The topological polar surface area (TPSA) is 46.2 Å². The number of hydrogen-bond acceptors (Lipinski definition) is 2. The second-order valence-corrected chi connectivity index (χ2v) is 5.63. The minimum atomic E-state index is -1.07. The highest BCUT2D eigenvalue weighted by atomic mass is 32.2. The Morgan fingerprint density at radius 1 is 1.05 bits per heavy atom. The number of amides is 1. The smallest absolute Gasteiger partial charge is 0.221 e. The van der Waals surface area contributed by atoms with Crippen LogP contribution in [0.15, 0.2) is 59.5 Å². The lowest BCUT2D eigenvalue weighted by Gasteiger charge is -2.05. The summed E-state index contributed by atoms with van der Waals surface area (Å²) in [6, 6.07) is 16.8. The fourth-order valence-corrected chi connectivity index (χ4v) is 2.80. The first-order valence-electron chi connectivity index (χ1n) is 5.95. The Balaban J connectivity index is 2.05. The van der Waals surface area contributed by atoms with E-state index in [2.05, 4.69) is 5.32 Å². The van der Waals surface area contributed by atoms with Gasteiger partial charge in [0.25, 0.3) is 0 Å². The van der Waals surface area contributed by atoms with Crippen LogP contribution in [0.5, 0.6) is 0 Å². The molecule has 0 heterocycles. The van der Waals surface area contributed by atoms with Crippen molar-refractivity contribution >= 4 is 22.4 Å². The highest BCUT2D eigenvalue weighted by Gasteiger charge is 2.05. The maximum absolute atomic E-state index is 12.2. The van der Waals surface area contributed by atoms with E-state index >= 15 is 0 Å². The SMILES string of the molecule is CC(=O)Nc1ccc(S(=O)Cc2ccccc2)cc1. The summed E-state index contributed by atoms with van der Waals surface area (Å²) in [5.74, 6) is 0.388. The number of rotatable bonds is 4. The molecule has 0 saturated carbocycles. The molecule has 98 valence electrons. The molecular formula is C15H15NO2S. The van der Waals surface area contributed by atoms with Crippen molar-refractivity contribution in [1.29, 1.82) is 0 Å². The molecule has 2 aromatic rings. The van der Waals surface area contributed by atoms with Crippen LogP contribution < -0.4 is 5.32 Å². The Morgan fingerprint density at radius 2 is 1.68 bits per heavy atom. The lowest BCUT2D eigenvalue weighted by atomic mass is 10.2. The van der Waals surface area contributed by atoms with E-state index < -0.39 is 10.8 Å². The largest absolute Gasteiger partial charge is 0.326 e. The Labute approximate surface area is 115 Å². The average molecular weight is 273 g/mol. The minimum absolute atomic E-state index is 0.113. The van der Waals surface area contributed by atoms with E-state index in [0.717, 1.165) is 10.5 Å². The van der Waals surface area contributed by atoms with Crippen LogP contribution in [0.1, 0.15) is 12.5 Å². The maximum Gasteiger partial charge on any atom is 0.221 e. The van der Waals surface area contributed by atoms with Crippen LogP contribution in [0.2, 0.25) is 0 Å². The van der Waals surface area contributed by atoms with E-state index in [0.29, 0.717) is 11.4 Å². The van der Waals surface area contributed by atoms with Crippen LogP contribution in [0.3, 0.4) is 0 Å². The van der Waals surface area contributed by atoms with Gasteiger partial charge in [0, 0.05) is 17.5 Å². The number of anilines is 1. The number of nitrogens with one attached hydrogen (secondary N) is 1. The van der Waals surface area contributed by atoms with E-state index in [1.807, 2.05) is 30.3 Å². The summed E-state index contributed by atoms with van der Waals surface area (Å²) in [5, 5.41) is 2.68. The zero-order valence-electron chi connectivity index (χ0n) is 10.6. The molecule has 0 bridgehead atoms. The van der Waals surface area contributed by atoms with Gasteiger partial charge in [-0.15, -0.1) is 0 Å². The van der Waals surface area contributed by atoms with Crippen LogP contribution in [-0.2, 0) is 21.3 Å².